The normalized spacial score (nSPS) is 11.6. The summed E-state index contributed by atoms with van der Waals surface area (Å²) in [6.45, 7) is 1.10. The number of hydrogen-bond donors (Lipinski definition) is 1. The molecule has 7 heteroatoms. The Morgan fingerprint density at radius 2 is 2.06 bits per heavy atom. The summed E-state index contributed by atoms with van der Waals surface area (Å²) in [5.41, 5.74) is 6.18. The molecular formula is C11H14F3NO2S. The lowest BCUT2D eigenvalue weighted by atomic mass is 10.3. The molecule has 0 spiro atoms. The van der Waals surface area contributed by atoms with Gasteiger partial charge in [-0.1, -0.05) is 11.8 Å². The van der Waals surface area contributed by atoms with E-state index in [-0.39, 0.29) is 5.94 Å². The van der Waals surface area contributed by atoms with Crippen LogP contribution >= 0.6 is 11.8 Å². The molecule has 3 nitrogen and oxygen atoms in total. The van der Waals surface area contributed by atoms with Crippen molar-refractivity contribution in [3.63, 3.8) is 0 Å². The Kier molecular flexibility index (Phi) is 5.61. The monoisotopic (exact) mass is 281 g/mol. The summed E-state index contributed by atoms with van der Waals surface area (Å²) < 4.78 is 45.3. The molecule has 0 aliphatic heterocycles. The van der Waals surface area contributed by atoms with Gasteiger partial charge in [-0.25, -0.2) is 0 Å². The van der Waals surface area contributed by atoms with Gasteiger partial charge in [-0.05, 0) is 25.1 Å². The number of thioether (sulfide) groups is 1. The minimum absolute atomic E-state index is 0.112. The van der Waals surface area contributed by atoms with Crippen molar-refractivity contribution in [1.82, 2.24) is 0 Å². The fourth-order valence-electron chi connectivity index (χ4n) is 1.16. The van der Waals surface area contributed by atoms with Gasteiger partial charge in [-0.2, -0.15) is 13.2 Å². The third-order valence-electron chi connectivity index (χ3n) is 1.86. The molecule has 0 radical (unpaired) electrons. The maximum atomic E-state index is 11.8. The fraction of sp³-hybridized carbons (Fsp3) is 0.455. The maximum Gasteiger partial charge on any atom is 0.411 e. The summed E-state index contributed by atoms with van der Waals surface area (Å²) in [4.78, 5) is 0.642. The molecule has 0 aromatic heterocycles. The Hall–Kier alpha value is -1.08. The number of anilines is 1. The first kappa shape index (κ1) is 15.0. The number of halogens is 3. The molecule has 102 valence electrons. The zero-order chi connectivity index (χ0) is 13.6. The molecule has 1 aromatic rings. The van der Waals surface area contributed by atoms with E-state index in [9.17, 15) is 13.2 Å². The van der Waals surface area contributed by atoms with Crippen molar-refractivity contribution in [2.75, 3.05) is 24.9 Å². The standard InChI is InChI=1S/C11H14F3NO2S/c1-2-17-8-3-4-9(15)10(5-8)18-7-16-6-11(12,13)14/h3-5H,2,6-7,15H2,1H3. The number of ether oxygens (including phenoxy) is 2. The second-order valence-electron chi connectivity index (χ2n) is 3.36. The van der Waals surface area contributed by atoms with Crippen LogP contribution < -0.4 is 10.5 Å². The molecule has 0 aliphatic rings. The molecule has 0 aliphatic carbocycles. The summed E-state index contributed by atoms with van der Waals surface area (Å²) in [6, 6.07) is 5.04. The Bertz CT molecular complexity index is 385. The largest absolute Gasteiger partial charge is 0.494 e. The molecule has 0 saturated carbocycles. The molecule has 2 N–H and O–H groups in total. The highest BCUT2D eigenvalue weighted by Crippen LogP contribution is 2.29. The molecule has 0 unspecified atom stereocenters. The van der Waals surface area contributed by atoms with Crippen molar-refractivity contribution in [2.24, 2.45) is 0 Å². The topological polar surface area (TPSA) is 44.5 Å². The zero-order valence-corrected chi connectivity index (χ0v) is 10.6. The SMILES string of the molecule is CCOc1ccc(N)c(SCOCC(F)(F)F)c1. The van der Waals surface area contributed by atoms with Crippen LogP contribution in [0.15, 0.2) is 23.1 Å². The summed E-state index contributed by atoms with van der Waals surface area (Å²) in [7, 11) is 0. The van der Waals surface area contributed by atoms with E-state index in [0.717, 1.165) is 11.8 Å². The Labute approximate surface area is 107 Å². The van der Waals surface area contributed by atoms with Crippen LogP contribution in [0.5, 0.6) is 5.75 Å². The molecule has 0 amide bonds. The van der Waals surface area contributed by atoms with Gasteiger partial charge in [0.1, 0.15) is 12.4 Å². The highest BCUT2D eigenvalue weighted by molar-refractivity contribution is 7.99. The van der Waals surface area contributed by atoms with Gasteiger partial charge in [0, 0.05) is 10.6 Å². The predicted octanol–water partition coefficient (Wildman–Crippen LogP) is 3.30. The lowest BCUT2D eigenvalue weighted by Gasteiger charge is -2.10. The Morgan fingerprint density at radius 3 is 2.67 bits per heavy atom. The first-order valence-corrected chi connectivity index (χ1v) is 6.20. The van der Waals surface area contributed by atoms with E-state index in [0.29, 0.717) is 22.9 Å². The highest BCUT2D eigenvalue weighted by Gasteiger charge is 2.27. The van der Waals surface area contributed by atoms with Gasteiger partial charge in [0.15, 0.2) is 0 Å². The molecule has 0 fully saturated rings. The molecule has 0 atom stereocenters. The number of rotatable bonds is 6. The van der Waals surface area contributed by atoms with E-state index < -0.39 is 12.8 Å². The van der Waals surface area contributed by atoms with Crippen LogP contribution in [0.3, 0.4) is 0 Å². The summed E-state index contributed by atoms with van der Waals surface area (Å²) in [5.74, 6) is 0.518. The smallest absolute Gasteiger partial charge is 0.411 e. The Balaban J connectivity index is 2.48. The second kappa shape index (κ2) is 6.75. The van der Waals surface area contributed by atoms with Crippen molar-refractivity contribution in [1.29, 1.82) is 0 Å². The van der Waals surface area contributed by atoms with Crippen molar-refractivity contribution in [3.8, 4) is 5.75 Å². The molecule has 0 heterocycles. The van der Waals surface area contributed by atoms with E-state index in [1.165, 1.54) is 0 Å². The number of nitrogen functional groups attached to an aromatic ring is 1. The van der Waals surface area contributed by atoms with Crippen LogP contribution in [0.1, 0.15) is 6.92 Å². The Morgan fingerprint density at radius 1 is 1.33 bits per heavy atom. The molecule has 18 heavy (non-hydrogen) atoms. The molecular weight excluding hydrogens is 267 g/mol. The van der Waals surface area contributed by atoms with Crippen LogP contribution in [-0.2, 0) is 4.74 Å². The highest BCUT2D eigenvalue weighted by atomic mass is 32.2. The minimum Gasteiger partial charge on any atom is -0.494 e. The van der Waals surface area contributed by atoms with Crippen molar-refractivity contribution < 1.29 is 22.6 Å². The van der Waals surface area contributed by atoms with Gasteiger partial charge in [0.25, 0.3) is 0 Å². The van der Waals surface area contributed by atoms with E-state index in [1.807, 2.05) is 6.92 Å². The first-order valence-electron chi connectivity index (χ1n) is 5.22. The van der Waals surface area contributed by atoms with Crippen molar-refractivity contribution in [2.45, 2.75) is 18.0 Å². The van der Waals surface area contributed by atoms with Gasteiger partial charge < -0.3 is 15.2 Å². The number of benzene rings is 1. The quantitative estimate of drug-likeness (QED) is 0.376. The van der Waals surface area contributed by atoms with Gasteiger partial charge in [0.2, 0.25) is 0 Å². The van der Waals surface area contributed by atoms with E-state index in [1.54, 1.807) is 18.2 Å². The lowest BCUT2D eigenvalue weighted by molar-refractivity contribution is -0.168. The molecule has 0 saturated heterocycles. The zero-order valence-electron chi connectivity index (χ0n) is 9.79. The summed E-state index contributed by atoms with van der Waals surface area (Å²) >= 11 is 1.10. The third-order valence-corrected chi connectivity index (χ3v) is 2.81. The van der Waals surface area contributed by atoms with Gasteiger partial charge in [-0.15, -0.1) is 0 Å². The number of alkyl halides is 3. The molecule has 1 aromatic carbocycles. The average molecular weight is 281 g/mol. The molecule has 0 bridgehead atoms. The van der Waals surface area contributed by atoms with Crippen molar-refractivity contribution >= 4 is 17.4 Å². The lowest BCUT2D eigenvalue weighted by Crippen LogP contribution is -2.16. The van der Waals surface area contributed by atoms with Crippen LogP contribution in [0, 0.1) is 0 Å². The van der Waals surface area contributed by atoms with Crippen LogP contribution in [-0.4, -0.2) is 25.3 Å². The second-order valence-corrected chi connectivity index (χ2v) is 4.32. The van der Waals surface area contributed by atoms with Crippen LogP contribution in [0.4, 0.5) is 18.9 Å². The predicted molar refractivity (Wildman–Crippen MR) is 64.8 cm³/mol. The maximum absolute atomic E-state index is 11.8. The minimum atomic E-state index is -4.31. The summed E-state index contributed by atoms with van der Waals surface area (Å²) in [6.07, 6.45) is -4.31. The van der Waals surface area contributed by atoms with E-state index in [2.05, 4.69) is 4.74 Å². The van der Waals surface area contributed by atoms with Gasteiger partial charge >= 0.3 is 6.18 Å². The third kappa shape index (κ3) is 5.50. The van der Waals surface area contributed by atoms with E-state index in [4.69, 9.17) is 10.5 Å². The van der Waals surface area contributed by atoms with Gasteiger partial charge in [-0.3, -0.25) is 0 Å². The first-order chi connectivity index (χ1) is 8.42. The van der Waals surface area contributed by atoms with Gasteiger partial charge in [0.05, 0.1) is 12.5 Å². The summed E-state index contributed by atoms with van der Waals surface area (Å²) in [5, 5.41) is 0. The number of hydrogen-bond acceptors (Lipinski definition) is 4. The average Bonchev–Trinajstić information content (AvgIpc) is 2.27. The molecule has 1 rings (SSSR count). The number of nitrogens with two attached hydrogens (primary N) is 1. The van der Waals surface area contributed by atoms with Crippen LogP contribution in [0.25, 0.3) is 0 Å². The van der Waals surface area contributed by atoms with Crippen LogP contribution in [0.2, 0.25) is 0 Å². The fourth-order valence-corrected chi connectivity index (χ4v) is 1.89. The van der Waals surface area contributed by atoms with E-state index >= 15 is 0 Å². The van der Waals surface area contributed by atoms with Crippen molar-refractivity contribution in [3.05, 3.63) is 18.2 Å².